The maximum absolute atomic E-state index is 13.4. The number of phenols is 1. The molecule has 0 amide bonds. The van der Waals surface area contributed by atoms with Crippen molar-refractivity contribution in [2.24, 2.45) is 0 Å². The van der Waals surface area contributed by atoms with E-state index in [1.54, 1.807) is 18.2 Å². The van der Waals surface area contributed by atoms with E-state index in [2.05, 4.69) is 0 Å². The monoisotopic (exact) mass is 484 g/mol. The number of aliphatic hydroxyl groups excluding tert-OH is 1. The van der Waals surface area contributed by atoms with Gasteiger partial charge in [0.2, 0.25) is 0 Å². The number of ether oxygens (including phenoxy) is 4. The lowest BCUT2D eigenvalue weighted by Crippen LogP contribution is -2.27. The van der Waals surface area contributed by atoms with Crippen LogP contribution >= 0.6 is 11.8 Å². The molecular formula is C26H28O7S. The maximum atomic E-state index is 13.4. The van der Waals surface area contributed by atoms with Crippen LogP contribution in [0, 0.1) is 0 Å². The van der Waals surface area contributed by atoms with Crippen LogP contribution in [0.3, 0.4) is 0 Å². The molecular weight excluding hydrogens is 456 g/mol. The highest BCUT2D eigenvalue weighted by Crippen LogP contribution is 2.42. The fourth-order valence-electron chi connectivity index (χ4n) is 3.55. The molecule has 0 saturated carbocycles. The lowest BCUT2D eigenvalue weighted by Gasteiger charge is -2.24. The Morgan fingerprint density at radius 2 is 1.53 bits per heavy atom. The number of aromatic hydroxyl groups is 1. The van der Waals surface area contributed by atoms with Crippen LogP contribution in [0.15, 0.2) is 60.7 Å². The molecule has 2 atom stereocenters. The highest BCUT2D eigenvalue weighted by Gasteiger charge is 2.33. The summed E-state index contributed by atoms with van der Waals surface area (Å²) in [4.78, 5) is 13.4. The normalized spacial score (nSPS) is 12.5. The molecule has 0 spiro atoms. The summed E-state index contributed by atoms with van der Waals surface area (Å²) in [6, 6.07) is 17.8. The van der Waals surface area contributed by atoms with Crippen molar-refractivity contribution in [2.45, 2.75) is 17.1 Å². The number of rotatable bonds is 11. The van der Waals surface area contributed by atoms with Gasteiger partial charge < -0.3 is 29.2 Å². The molecule has 7 nitrogen and oxygen atoms in total. The third kappa shape index (κ3) is 5.58. The first-order valence-corrected chi connectivity index (χ1v) is 11.5. The van der Waals surface area contributed by atoms with Crippen LogP contribution in [-0.2, 0) is 5.75 Å². The Balaban J connectivity index is 2.01. The van der Waals surface area contributed by atoms with E-state index in [4.69, 9.17) is 18.9 Å². The Morgan fingerprint density at radius 3 is 2.15 bits per heavy atom. The highest BCUT2D eigenvalue weighted by molar-refractivity contribution is 7.98. The number of methoxy groups -OCH3 is 4. The van der Waals surface area contributed by atoms with Crippen LogP contribution in [0.5, 0.6) is 28.7 Å². The van der Waals surface area contributed by atoms with Crippen LogP contribution in [0.1, 0.15) is 26.7 Å². The number of aliphatic hydroxyl groups is 1. The SMILES string of the molecule is COc1cc(O)c(C(=O)[C@H](O)C(SCc2ccccc2)c2ccc(OC)c(OC)c2)c(OC)c1. The number of carbonyl (C=O) groups excluding carboxylic acids is 1. The Kier molecular flexibility index (Phi) is 8.67. The number of carbonyl (C=O) groups is 1. The van der Waals surface area contributed by atoms with Crippen LogP contribution in [0.4, 0.5) is 0 Å². The van der Waals surface area contributed by atoms with E-state index >= 15 is 0 Å². The predicted octanol–water partition coefficient (Wildman–Crippen LogP) is 4.64. The lowest BCUT2D eigenvalue weighted by atomic mass is 9.97. The zero-order chi connectivity index (χ0) is 24.7. The van der Waals surface area contributed by atoms with E-state index in [1.807, 2.05) is 30.3 Å². The van der Waals surface area contributed by atoms with Crippen molar-refractivity contribution >= 4 is 17.5 Å². The van der Waals surface area contributed by atoms with Gasteiger partial charge in [0.15, 0.2) is 17.3 Å². The zero-order valence-electron chi connectivity index (χ0n) is 19.5. The standard InChI is InChI=1S/C26H28O7S/c1-30-18-13-19(27)23(22(14-18)33-4)24(28)25(29)26(34-15-16-8-6-5-7-9-16)17-10-11-20(31-2)21(12-17)32-3/h5-14,25-27,29H,15H2,1-4H3/t25-,26?/m0/s1. The first-order chi connectivity index (χ1) is 16.4. The summed E-state index contributed by atoms with van der Waals surface area (Å²) in [5.74, 6) is 1.01. The molecule has 1 unspecified atom stereocenters. The van der Waals surface area contributed by atoms with E-state index in [0.717, 1.165) is 5.56 Å². The van der Waals surface area contributed by atoms with Gasteiger partial charge in [-0.25, -0.2) is 0 Å². The average molecular weight is 485 g/mol. The van der Waals surface area contributed by atoms with Gasteiger partial charge in [-0.3, -0.25) is 4.79 Å². The second-order valence-corrected chi connectivity index (χ2v) is 8.49. The molecule has 0 aliphatic rings. The molecule has 3 aromatic rings. The van der Waals surface area contributed by atoms with Gasteiger partial charge in [-0.15, -0.1) is 11.8 Å². The van der Waals surface area contributed by atoms with E-state index in [9.17, 15) is 15.0 Å². The molecule has 180 valence electrons. The summed E-state index contributed by atoms with van der Waals surface area (Å²) in [6.45, 7) is 0. The molecule has 34 heavy (non-hydrogen) atoms. The van der Waals surface area contributed by atoms with Gasteiger partial charge in [-0.05, 0) is 23.3 Å². The number of phenolic OH excluding ortho intramolecular Hbond substituents is 1. The summed E-state index contributed by atoms with van der Waals surface area (Å²) < 4.78 is 21.2. The molecule has 0 radical (unpaired) electrons. The summed E-state index contributed by atoms with van der Waals surface area (Å²) in [5.41, 5.74) is 1.61. The Labute approximate surface area is 203 Å². The van der Waals surface area contributed by atoms with Gasteiger partial charge in [0, 0.05) is 17.9 Å². The molecule has 0 fully saturated rings. The first kappa shape index (κ1) is 25.3. The minimum atomic E-state index is -1.49. The third-order valence-corrected chi connectivity index (χ3v) is 6.71. The number of thioether (sulfide) groups is 1. The Morgan fingerprint density at radius 1 is 0.853 bits per heavy atom. The topological polar surface area (TPSA) is 94.5 Å². The largest absolute Gasteiger partial charge is 0.507 e. The molecule has 0 heterocycles. The van der Waals surface area contributed by atoms with Crippen LogP contribution in [0.25, 0.3) is 0 Å². The summed E-state index contributed by atoms with van der Waals surface area (Å²) in [5, 5.41) is 21.1. The zero-order valence-corrected chi connectivity index (χ0v) is 20.3. The van der Waals surface area contributed by atoms with Crippen molar-refractivity contribution in [3.63, 3.8) is 0 Å². The molecule has 3 rings (SSSR count). The third-order valence-electron chi connectivity index (χ3n) is 5.32. The van der Waals surface area contributed by atoms with E-state index in [0.29, 0.717) is 28.6 Å². The number of benzene rings is 3. The van der Waals surface area contributed by atoms with E-state index in [-0.39, 0.29) is 17.1 Å². The predicted molar refractivity (Wildman–Crippen MR) is 132 cm³/mol. The Hall–Kier alpha value is -3.36. The minimum absolute atomic E-state index is 0.110. The van der Waals surface area contributed by atoms with Gasteiger partial charge in [0.05, 0.1) is 33.7 Å². The van der Waals surface area contributed by atoms with Crippen molar-refractivity contribution in [3.05, 3.63) is 77.4 Å². The smallest absolute Gasteiger partial charge is 0.200 e. The molecule has 0 bridgehead atoms. The second-order valence-electron chi connectivity index (χ2n) is 7.36. The fraction of sp³-hybridized carbons (Fsp3) is 0.269. The quantitative estimate of drug-likeness (QED) is 0.380. The van der Waals surface area contributed by atoms with Gasteiger partial charge in [-0.2, -0.15) is 0 Å². The molecule has 0 aliphatic carbocycles. The number of Topliss-reactive ketones (excluding diaryl/α,β-unsaturated/α-hetero) is 1. The summed E-state index contributed by atoms with van der Waals surface area (Å²) >= 11 is 1.40. The van der Waals surface area contributed by atoms with E-state index in [1.165, 1.54) is 52.3 Å². The highest BCUT2D eigenvalue weighted by atomic mass is 32.2. The minimum Gasteiger partial charge on any atom is -0.507 e. The number of ketones is 1. The van der Waals surface area contributed by atoms with Crippen molar-refractivity contribution in [1.82, 2.24) is 0 Å². The van der Waals surface area contributed by atoms with Crippen molar-refractivity contribution in [1.29, 1.82) is 0 Å². The van der Waals surface area contributed by atoms with Crippen molar-refractivity contribution in [3.8, 4) is 28.7 Å². The number of hydrogen-bond acceptors (Lipinski definition) is 8. The maximum Gasteiger partial charge on any atom is 0.200 e. The van der Waals surface area contributed by atoms with Crippen LogP contribution in [0.2, 0.25) is 0 Å². The first-order valence-electron chi connectivity index (χ1n) is 10.5. The van der Waals surface area contributed by atoms with Crippen LogP contribution in [-0.4, -0.2) is 50.5 Å². The average Bonchev–Trinajstić information content (AvgIpc) is 2.88. The van der Waals surface area contributed by atoms with Crippen LogP contribution < -0.4 is 18.9 Å². The summed E-state index contributed by atoms with van der Waals surface area (Å²) in [6.07, 6.45) is -1.49. The van der Waals surface area contributed by atoms with Gasteiger partial charge in [0.25, 0.3) is 0 Å². The fourth-order valence-corrected chi connectivity index (χ4v) is 4.76. The molecule has 0 saturated heterocycles. The van der Waals surface area contributed by atoms with Gasteiger partial charge >= 0.3 is 0 Å². The van der Waals surface area contributed by atoms with Crippen molar-refractivity contribution in [2.75, 3.05) is 28.4 Å². The van der Waals surface area contributed by atoms with Gasteiger partial charge in [0.1, 0.15) is 28.9 Å². The molecule has 0 aromatic heterocycles. The van der Waals surface area contributed by atoms with E-state index < -0.39 is 17.1 Å². The van der Waals surface area contributed by atoms with Crippen molar-refractivity contribution < 1.29 is 34.0 Å². The summed E-state index contributed by atoms with van der Waals surface area (Å²) in [7, 11) is 5.89. The molecule has 3 aromatic carbocycles. The Bertz CT molecular complexity index is 1120. The second kappa shape index (κ2) is 11.7. The molecule has 2 N–H and O–H groups in total. The lowest BCUT2D eigenvalue weighted by molar-refractivity contribution is 0.0736. The molecule has 8 heteroatoms. The number of hydrogen-bond donors (Lipinski definition) is 2. The van der Waals surface area contributed by atoms with Gasteiger partial charge in [-0.1, -0.05) is 36.4 Å². The molecule has 0 aliphatic heterocycles.